The molecule has 0 heterocycles. The third kappa shape index (κ3) is 20.0. The van der Waals surface area contributed by atoms with E-state index in [1.54, 1.807) is 0 Å². The predicted molar refractivity (Wildman–Crippen MR) is 112 cm³/mol. The lowest BCUT2D eigenvalue weighted by Gasteiger charge is -2.16. The van der Waals surface area contributed by atoms with Gasteiger partial charge in [0.05, 0.1) is 0 Å². The van der Waals surface area contributed by atoms with Gasteiger partial charge in [-0.3, -0.25) is 0 Å². The highest BCUT2D eigenvalue weighted by Crippen LogP contribution is 2.03. The maximum absolute atomic E-state index is 3.56. The van der Waals surface area contributed by atoms with Crippen LogP contribution in [-0.4, -0.2) is 64.4 Å². The minimum atomic E-state index is 0.619. The molecule has 5 heteroatoms. The van der Waals surface area contributed by atoms with Crippen LogP contribution < -0.4 is 26.6 Å². The fourth-order valence-electron chi connectivity index (χ4n) is 3.12. The molecule has 0 aromatic carbocycles. The summed E-state index contributed by atoms with van der Waals surface area (Å²) in [7, 11) is 0. The van der Waals surface area contributed by atoms with Crippen molar-refractivity contribution in [3.8, 4) is 0 Å². The Morgan fingerprint density at radius 1 is 0.440 bits per heavy atom. The molecule has 2 atom stereocenters. The Bertz CT molecular complexity index is 245. The van der Waals surface area contributed by atoms with E-state index in [1.165, 1.54) is 12.8 Å². The van der Waals surface area contributed by atoms with Crippen LogP contribution in [0.5, 0.6) is 0 Å². The normalized spacial score (nSPS) is 14.4. The molecular weight excluding hydrogens is 310 g/mol. The predicted octanol–water partition coefficient (Wildman–Crippen LogP) is 1.80. The Morgan fingerprint density at radius 2 is 0.720 bits per heavy atom. The van der Waals surface area contributed by atoms with Gasteiger partial charge in [0.25, 0.3) is 0 Å². The molecule has 5 N–H and O–H groups in total. The molecule has 152 valence electrons. The highest BCUT2D eigenvalue weighted by Gasteiger charge is 2.03. The zero-order valence-corrected chi connectivity index (χ0v) is 17.9. The zero-order valence-electron chi connectivity index (χ0n) is 17.9. The lowest BCUT2D eigenvalue weighted by atomic mass is 10.1. The fraction of sp³-hybridized carbons (Fsp3) is 1.00. The number of nitrogens with one attached hydrogen (secondary N) is 5. The molecule has 2 unspecified atom stereocenters. The zero-order chi connectivity index (χ0) is 18.9. The first kappa shape index (κ1) is 24.8. The van der Waals surface area contributed by atoms with Gasteiger partial charge >= 0.3 is 0 Å². The van der Waals surface area contributed by atoms with E-state index in [0.717, 1.165) is 64.2 Å². The second-order valence-electron chi connectivity index (χ2n) is 8.22. The highest BCUT2D eigenvalue weighted by molar-refractivity contribution is 4.65. The lowest BCUT2D eigenvalue weighted by Crippen LogP contribution is -2.38. The third-order valence-corrected chi connectivity index (χ3v) is 4.20. The minimum absolute atomic E-state index is 0.619. The van der Waals surface area contributed by atoms with E-state index >= 15 is 0 Å². The molecule has 0 aliphatic rings. The van der Waals surface area contributed by atoms with Crippen molar-refractivity contribution in [2.75, 3.05) is 52.4 Å². The quantitative estimate of drug-likeness (QED) is 0.242. The van der Waals surface area contributed by atoms with Gasteiger partial charge in [0, 0.05) is 64.4 Å². The summed E-state index contributed by atoms with van der Waals surface area (Å²) in [6.45, 7) is 22.0. The van der Waals surface area contributed by atoms with Gasteiger partial charge in [-0.25, -0.2) is 0 Å². The molecule has 0 spiro atoms. The van der Waals surface area contributed by atoms with Crippen LogP contribution in [0.2, 0.25) is 0 Å². The molecule has 0 bridgehead atoms. The smallest absolute Gasteiger partial charge is 0.00792 e. The standard InChI is InChI=1S/C20H47N5/c1-17(2)15-19(5)24-13-11-22-9-7-21-8-10-23-12-14-25-20(6)16-18(3)4/h17-25H,7-16H2,1-6H3. The Balaban J connectivity index is 3.17. The number of rotatable bonds is 18. The summed E-state index contributed by atoms with van der Waals surface area (Å²) >= 11 is 0. The maximum Gasteiger partial charge on any atom is 0.00792 e. The van der Waals surface area contributed by atoms with Crippen molar-refractivity contribution in [1.29, 1.82) is 0 Å². The monoisotopic (exact) mass is 357 g/mol. The summed E-state index contributed by atoms with van der Waals surface area (Å²) in [6, 6.07) is 1.24. The summed E-state index contributed by atoms with van der Waals surface area (Å²) in [5.74, 6) is 1.54. The van der Waals surface area contributed by atoms with Gasteiger partial charge in [0.2, 0.25) is 0 Å². The molecule has 0 rings (SSSR count). The molecule has 0 aliphatic heterocycles. The molecule has 0 aromatic heterocycles. The summed E-state index contributed by atoms with van der Waals surface area (Å²) in [4.78, 5) is 0. The van der Waals surface area contributed by atoms with E-state index in [9.17, 15) is 0 Å². The topological polar surface area (TPSA) is 60.1 Å². The average Bonchev–Trinajstić information content (AvgIpc) is 2.50. The SMILES string of the molecule is CC(C)CC(C)NCCNCCNCCNCCNC(C)CC(C)C. The summed E-state index contributed by atoms with van der Waals surface area (Å²) < 4.78 is 0. The van der Waals surface area contributed by atoms with Crippen LogP contribution in [-0.2, 0) is 0 Å². The Labute approximate surface area is 157 Å². The summed E-state index contributed by atoms with van der Waals surface area (Å²) in [5.41, 5.74) is 0. The van der Waals surface area contributed by atoms with E-state index in [4.69, 9.17) is 0 Å². The van der Waals surface area contributed by atoms with Crippen LogP contribution in [0.3, 0.4) is 0 Å². The van der Waals surface area contributed by atoms with Crippen LogP contribution in [0.4, 0.5) is 0 Å². The molecule has 0 radical (unpaired) electrons. The van der Waals surface area contributed by atoms with Gasteiger partial charge in [-0.05, 0) is 38.5 Å². The maximum atomic E-state index is 3.56. The van der Waals surface area contributed by atoms with Crippen molar-refractivity contribution in [2.24, 2.45) is 11.8 Å². The van der Waals surface area contributed by atoms with E-state index in [1.807, 2.05) is 0 Å². The number of hydrogen-bond acceptors (Lipinski definition) is 5. The van der Waals surface area contributed by atoms with Gasteiger partial charge in [0.1, 0.15) is 0 Å². The molecule has 25 heavy (non-hydrogen) atoms. The third-order valence-electron chi connectivity index (χ3n) is 4.20. The van der Waals surface area contributed by atoms with Crippen LogP contribution in [0, 0.1) is 11.8 Å². The highest BCUT2D eigenvalue weighted by atomic mass is 15.0. The van der Waals surface area contributed by atoms with Gasteiger partial charge in [-0.1, -0.05) is 27.7 Å². The van der Waals surface area contributed by atoms with Crippen LogP contribution >= 0.6 is 0 Å². The van der Waals surface area contributed by atoms with Crippen LogP contribution in [0.15, 0.2) is 0 Å². The van der Waals surface area contributed by atoms with E-state index < -0.39 is 0 Å². The van der Waals surface area contributed by atoms with Crippen molar-refractivity contribution in [3.05, 3.63) is 0 Å². The molecule has 0 aromatic rings. The van der Waals surface area contributed by atoms with Crippen molar-refractivity contribution >= 4 is 0 Å². The van der Waals surface area contributed by atoms with Crippen LogP contribution in [0.25, 0.3) is 0 Å². The molecule has 0 saturated carbocycles. The Morgan fingerprint density at radius 3 is 1.00 bits per heavy atom. The largest absolute Gasteiger partial charge is 0.314 e. The van der Waals surface area contributed by atoms with E-state index in [-0.39, 0.29) is 0 Å². The van der Waals surface area contributed by atoms with Crippen molar-refractivity contribution in [1.82, 2.24) is 26.6 Å². The second kappa shape index (κ2) is 17.2. The number of hydrogen-bond donors (Lipinski definition) is 5. The molecule has 0 amide bonds. The first-order chi connectivity index (χ1) is 11.9. The van der Waals surface area contributed by atoms with Gasteiger partial charge < -0.3 is 26.6 Å². The average molecular weight is 358 g/mol. The summed E-state index contributed by atoms with van der Waals surface area (Å²) in [5, 5.41) is 17.6. The Kier molecular flexibility index (Phi) is 17.1. The van der Waals surface area contributed by atoms with E-state index in [2.05, 4.69) is 68.1 Å². The van der Waals surface area contributed by atoms with Gasteiger partial charge in [0.15, 0.2) is 0 Å². The van der Waals surface area contributed by atoms with Crippen molar-refractivity contribution < 1.29 is 0 Å². The van der Waals surface area contributed by atoms with Gasteiger partial charge in [-0.2, -0.15) is 0 Å². The van der Waals surface area contributed by atoms with Crippen molar-refractivity contribution in [3.63, 3.8) is 0 Å². The second-order valence-corrected chi connectivity index (χ2v) is 8.22. The molecule has 5 nitrogen and oxygen atoms in total. The van der Waals surface area contributed by atoms with E-state index in [0.29, 0.717) is 12.1 Å². The Hall–Kier alpha value is -0.200. The minimum Gasteiger partial charge on any atom is -0.314 e. The molecular formula is C20H47N5. The molecule has 0 aliphatic carbocycles. The molecule has 0 fully saturated rings. The summed E-state index contributed by atoms with van der Waals surface area (Å²) in [6.07, 6.45) is 2.50. The van der Waals surface area contributed by atoms with Crippen molar-refractivity contribution in [2.45, 2.75) is 66.5 Å². The first-order valence-corrected chi connectivity index (χ1v) is 10.5. The fourth-order valence-corrected chi connectivity index (χ4v) is 3.12. The lowest BCUT2D eigenvalue weighted by molar-refractivity contribution is 0.436. The van der Waals surface area contributed by atoms with Crippen LogP contribution in [0.1, 0.15) is 54.4 Å². The van der Waals surface area contributed by atoms with Gasteiger partial charge in [-0.15, -0.1) is 0 Å². The first-order valence-electron chi connectivity index (χ1n) is 10.5. The molecule has 0 saturated heterocycles.